The number of carbonyl (C=O) groups is 2. The lowest BCUT2D eigenvalue weighted by Gasteiger charge is -2.15. The van der Waals surface area contributed by atoms with E-state index in [0.717, 1.165) is 10.8 Å². The largest absolute Gasteiger partial charge is 0.573 e. The number of halogens is 3. The van der Waals surface area contributed by atoms with Crippen LogP contribution in [0.1, 0.15) is 39.0 Å². The van der Waals surface area contributed by atoms with E-state index in [1.807, 2.05) is 0 Å². The summed E-state index contributed by atoms with van der Waals surface area (Å²) >= 11 is 0. The highest BCUT2D eigenvalue weighted by Gasteiger charge is 2.31. The molecule has 38 heavy (non-hydrogen) atoms. The minimum absolute atomic E-state index is 0.332. The SMILES string of the molecule is CC1CCCCC1.CN(CC(=O)O)C(=O)COc1ccc2nc(Nc3ccc(OC(F)(F)F)cc3)[nH]c2c1. The summed E-state index contributed by atoms with van der Waals surface area (Å²) in [5, 5.41) is 11.6. The van der Waals surface area contributed by atoms with Gasteiger partial charge in [-0.25, -0.2) is 4.98 Å². The zero-order chi connectivity index (χ0) is 27.7. The van der Waals surface area contributed by atoms with Gasteiger partial charge in [-0.15, -0.1) is 13.2 Å². The van der Waals surface area contributed by atoms with Gasteiger partial charge in [0.1, 0.15) is 18.0 Å². The lowest BCUT2D eigenvalue weighted by molar-refractivity contribution is -0.274. The van der Waals surface area contributed by atoms with Crippen LogP contribution in [0.4, 0.5) is 24.8 Å². The number of ether oxygens (including phenoxy) is 2. The number of carboxylic acids is 1. The van der Waals surface area contributed by atoms with Gasteiger partial charge in [0, 0.05) is 18.8 Å². The molecule has 1 fully saturated rings. The number of likely N-dealkylation sites (N-methyl/N-ethyl adjacent to an activating group) is 1. The number of amides is 1. The normalized spacial score (nSPS) is 13.8. The number of benzene rings is 2. The highest BCUT2D eigenvalue weighted by atomic mass is 19.4. The van der Waals surface area contributed by atoms with Crippen LogP contribution in [0, 0.1) is 5.92 Å². The first kappa shape index (κ1) is 28.6. The Bertz CT molecular complexity index is 1210. The number of alkyl halides is 3. The van der Waals surface area contributed by atoms with Gasteiger partial charge >= 0.3 is 12.3 Å². The van der Waals surface area contributed by atoms with Crippen LogP contribution in [0.3, 0.4) is 0 Å². The second-order valence-corrected chi connectivity index (χ2v) is 9.14. The Morgan fingerprint density at radius 3 is 2.34 bits per heavy atom. The minimum atomic E-state index is -4.76. The van der Waals surface area contributed by atoms with Crippen molar-refractivity contribution in [3.05, 3.63) is 42.5 Å². The van der Waals surface area contributed by atoms with Crippen molar-refractivity contribution in [3.8, 4) is 11.5 Å². The number of carbonyl (C=O) groups excluding carboxylic acids is 1. The summed E-state index contributed by atoms with van der Waals surface area (Å²) in [6.45, 7) is 1.60. The molecule has 1 saturated carbocycles. The number of anilines is 2. The number of fused-ring (bicyclic) bond motifs is 1. The smallest absolute Gasteiger partial charge is 0.484 e. The molecule has 1 amide bonds. The summed E-state index contributed by atoms with van der Waals surface area (Å²) in [4.78, 5) is 30.8. The molecule has 206 valence electrons. The van der Waals surface area contributed by atoms with Crippen LogP contribution in [0.2, 0.25) is 0 Å². The van der Waals surface area contributed by atoms with Crippen LogP contribution in [0.25, 0.3) is 11.0 Å². The highest BCUT2D eigenvalue weighted by molar-refractivity contribution is 5.83. The Labute approximate surface area is 217 Å². The van der Waals surface area contributed by atoms with E-state index in [9.17, 15) is 22.8 Å². The molecule has 1 aliphatic carbocycles. The Hall–Kier alpha value is -3.96. The molecule has 9 nitrogen and oxygen atoms in total. The van der Waals surface area contributed by atoms with Gasteiger partial charge in [0.25, 0.3) is 5.91 Å². The van der Waals surface area contributed by atoms with Gasteiger partial charge in [-0.1, -0.05) is 39.0 Å². The highest BCUT2D eigenvalue weighted by Crippen LogP contribution is 2.26. The van der Waals surface area contributed by atoms with Crippen LogP contribution >= 0.6 is 0 Å². The van der Waals surface area contributed by atoms with E-state index in [4.69, 9.17) is 9.84 Å². The van der Waals surface area contributed by atoms with Gasteiger partial charge in [-0.05, 0) is 42.3 Å². The van der Waals surface area contributed by atoms with Crippen molar-refractivity contribution in [2.24, 2.45) is 5.92 Å². The molecular weight excluding hydrogens is 505 g/mol. The average molecular weight is 537 g/mol. The van der Waals surface area contributed by atoms with E-state index in [1.54, 1.807) is 18.2 Å². The Balaban J connectivity index is 0.000000494. The molecular formula is C26H31F3N4O5. The van der Waals surface area contributed by atoms with E-state index in [0.29, 0.717) is 28.4 Å². The van der Waals surface area contributed by atoms with Crippen molar-refractivity contribution in [2.45, 2.75) is 45.4 Å². The monoisotopic (exact) mass is 536 g/mol. The van der Waals surface area contributed by atoms with Gasteiger partial charge in [0.15, 0.2) is 6.61 Å². The minimum Gasteiger partial charge on any atom is -0.484 e. The maximum absolute atomic E-state index is 12.2. The van der Waals surface area contributed by atoms with Crippen molar-refractivity contribution in [1.29, 1.82) is 0 Å². The first-order valence-corrected chi connectivity index (χ1v) is 12.2. The molecule has 1 heterocycles. The fourth-order valence-corrected chi connectivity index (χ4v) is 3.87. The first-order valence-electron chi connectivity index (χ1n) is 12.2. The number of aliphatic carboxylic acids is 1. The number of nitrogens with one attached hydrogen (secondary N) is 2. The van der Waals surface area contributed by atoms with E-state index >= 15 is 0 Å². The fourth-order valence-electron chi connectivity index (χ4n) is 3.87. The molecule has 3 aromatic rings. The molecule has 0 unspecified atom stereocenters. The van der Waals surface area contributed by atoms with E-state index in [-0.39, 0.29) is 12.4 Å². The van der Waals surface area contributed by atoms with Gasteiger partial charge in [0.2, 0.25) is 5.95 Å². The zero-order valence-corrected chi connectivity index (χ0v) is 21.2. The average Bonchev–Trinajstić information content (AvgIpc) is 3.25. The zero-order valence-electron chi connectivity index (χ0n) is 21.2. The quantitative estimate of drug-likeness (QED) is 0.337. The maximum atomic E-state index is 12.2. The van der Waals surface area contributed by atoms with Crippen LogP contribution in [0.5, 0.6) is 11.5 Å². The Morgan fingerprint density at radius 2 is 1.76 bits per heavy atom. The number of hydrogen-bond donors (Lipinski definition) is 3. The molecule has 0 atom stereocenters. The van der Waals surface area contributed by atoms with Gasteiger partial charge in [-0.3, -0.25) is 9.59 Å². The molecule has 0 bridgehead atoms. The van der Waals surface area contributed by atoms with Crippen LogP contribution in [0.15, 0.2) is 42.5 Å². The summed E-state index contributed by atoms with van der Waals surface area (Å²) < 4.78 is 45.9. The first-order chi connectivity index (χ1) is 18.0. The third kappa shape index (κ3) is 9.49. The number of hydrogen-bond acceptors (Lipinski definition) is 6. The van der Waals surface area contributed by atoms with Crippen LogP contribution in [-0.2, 0) is 9.59 Å². The molecule has 0 radical (unpaired) electrons. The van der Waals surface area contributed by atoms with E-state index in [2.05, 4.69) is 26.9 Å². The summed E-state index contributed by atoms with van der Waals surface area (Å²) in [6, 6.07) is 10.0. The summed E-state index contributed by atoms with van der Waals surface area (Å²) in [5.41, 5.74) is 1.65. The summed E-state index contributed by atoms with van der Waals surface area (Å²) in [7, 11) is 1.36. The number of aromatic nitrogens is 2. The third-order valence-electron chi connectivity index (χ3n) is 5.86. The number of nitrogens with zero attached hydrogens (tertiary/aromatic N) is 2. The van der Waals surface area contributed by atoms with Crippen molar-refractivity contribution in [2.75, 3.05) is 25.5 Å². The number of rotatable bonds is 8. The van der Waals surface area contributed by atoms with E-state index in [1.165, 1.54) is 63.4 Å². The topological polar surface area (TPSA) is 117 Å². The van der Waals surface area contributed by atoms with Gasteiger partial charge < -0.3 is 29.8 Å². The van der Waals surface area contributed by atoms with Gasteiger partial charge in [0.05, 0.1) is 11.0 Å². The van der Waals surface area contributed by atoms with Crippen LogP contribution < -0.4 is 14.8 Å². The standard InChI is InChI=1S/C19H17F3N4O5.C7H14/c1-26(9-17(28)29)16(27)10-30-13-6-7-14-15(8-13)25-18(24-14)23-11-2-4-12(5-3-11)31-19(20,21)22;1-7-5-3-2-4-6-7/h2-8H,9-10H2,1H3,(H,28,29)(H2,23,24,25);7H,2-6H2,1H3. The lowest BCUT2D eigenvalue weighted by atomic mass is 9.91. The Morgan fingerprint density at radius 1 is 1.11 bits per heavy atom. The van der Waals surface area contributed by atoms with Crippen molar-refractivity contribution < 1.29 is 37.3 Å². The molecule has 4 rings (SSSR count). The lowest BCUT2D eigenvalue weighted by Crippen LogP contribution is -2.35. The molecule has 12 heteroatoms. The number of aromatic amines is 1. The summed E-state index contributed by atoms with van der Waals surface area (Å²) in [5.74, 6) is -0.214. The molecule has 3 N–H and O–H groups in total. The van der Waals surface area contributed by atoms with Crippen LogP contribution in [-0.4, -0.2) is 58.4 Å². The molecule has 0 spiro atoms. The van der Waals surface area contributed by atoms with E-state index < -0.39 is 24.8 Å². The van der Waals surface area contributed by atoms with Gasteiger partial charge in [-0.2, -0.15) is 0 Å². The number of H-pyrrole nitrogens is 1. The maximum Gasteiger partial charge on any atom is 0.573 e. The second-order valence-electron chi connectivity index (χ2n) is 9.14. The number of carboxylic acid groups (broad SMARTS) is 1. The molecule has 0 saturated heterocycles. The van der Waals surface area contributed by atoms with Crippen molar-refractivity contribution >= 4 is 34.5 Å². The van der Waals surface area contributed by atoms with Crippen molar-refractivity contribution in [1.82, 2.24) is 14.9 Å². The predicted molar refractivity (Wildman–Crippen MR) is 136 cm³/mol. The molecule has 0 aliphatic heterocycles. The van der Waals surface area contributed by atoms with Crippen molar-refractivity contribution in [3.63, 3.8) is 0 Å². The third-order valence-corrected chi connectivity index (χ3v) is 5.86. The summed E-state index contributed by atoms with van der Waals surface area (Å²) in [6.07, 6.45) is 2.68. The molecule has 1 aliphatic rings. The fraction of sp³-hybridized carbons (Fsp3) is 0.423. The Kier molecular flexibility index (Phi) is 9.80. The second kappa shape index (κ2) is 13.0. The predicted octanol–water partition coefficient (Wildman–Crippen LogP) is 5.71. The molecule has 1 aromatic heterocycles. The number of imidazole rings is 1. The molecule has 2 aromatic carbocycles.